The third-order valence-electron chi connectivity index (χ3n) is 5.16. The third-order valence-corrected chi connectivity index (χ3v) is 5.16. The van der Waals surface area contributed by atoms with E-state index in [4.69, 9.17) is 0 Å². The van der Waals surface area contributed by atoms with Gasteiger partial charge in [-0.25, -0.2) is 0 Å². The van der Waals surface area contributed by atoms with Gasteiger partial charge in [0.15, 0.2) is 0 Å². The van der Waals surface area contributed by atoms with E-state index in [0.717, 1.165) is 31.8 Å². The predicted molar refractivity (Wildman–Crippen MR) is 80.4 cm³/mol. The summed E-state index contributed by atoms with van der Waals surface area (Å²) >= 11 is 0. The Morgan fingerprint density at radius 3 is 2.65 bits per heavy atom. The molecule has 110 valence electrons. The molecule has 2 heterocycles. The molecule has 1 atom stereocenters. The lowest BCUT2D eigenvalue weighted by Crippen LogP contribution is -2.45. The Kier molecular flexibility index (Phi) is 4.08. The zero-order chi connectivity index (χ0) is 14.0. The molecule has 1 aromatic rings. The Balaban J connectivity index is 1.67. The van der Waals surface area contributed by atoms with Gasteiger partial charge in [-0.1, -0.05) is 6.92 Å². The average Bonchev–Trinajstić information content (AvgIpc) is 2.91. The predicted octanol–water partition coefficient (Wildman–Crippen LogP) is 3.16. The quantitative estimate of drug-likeness (QED) is 0.920. The molecule has 20 heavy (non-hydrogen) atoms. The van der Waals surface area contributed by atoms with Crippen molar-refractivity contribution in [3.63, 3.8) is 0 Å². The molecular formula is C17H26N2O. The van der Waals surface area contributed by atoms with Crippen molar-refractivity contribution in [1.82, 2.24) is 9.88 Å². The maximum Gasteiger partial charge on any atom is 0.0774 e. The molecule has 1 aliphatic heterocycles. The maximum atomic E-state index is 10.9. The summed E-state index contributed by atoms with van der Waals surface area (Å²) in [4.78, 5) is 6.60. The van der Waals surface area contributed by atoms with Crippen molar-refractivity contribution in [2.45, 2.75) is 57.1 Å². The number of nitrogens with zero attached hydrogens (tertiary/aromatic N) is 2. The molecule has 1 aliphatic carbocycles. The molecular weight excluding hydrogens is 248 g/mol. The molecule has 2 aliphatic rings. The van der Waals surface area contributed by atoms with Crippen LogP contribution < -0.4 is 0 Å². The Morgan fingerprint density at radius 2 is 1.95 bits per heavy atom. The number of β-amino-alcohol motifs (C(OH)–C–C–N with tert-alkyl or cyclic N) is 1. The fourth-order valence-electron chi connectivity index (χ4n) is 3.81. The summed E-state index contributed by atoms with van der Waals surface area (Å²) in [5.41, 5.74) is 0.896. The molecule has 0 amide bonds. The minimum absolute atomic E-state index is 0.456. The monoisotopic (exact) mass is 274 g/mol. The normalized spacial score (nSPS) is 35.3. The molecule has 1 N–H and O–H groups in total. The van der Waals surface area contributed by atoms with Gasteiger partial charge >= 0.3 is 0 Å². The van der Waals surface area contributed by atoms with Crippen molar-refractivity contribution in [2.75, 3.05) is 13.1 Å². The first-order chi connectivity index (χ1) is 9.66. The first-order valence-electron chi connectivity index (χ1n) is 8.03. The van der Waals surface area contributed by atoms with Gasteiger partial charge in [0.1, 0.15) is 0 Å². The Hall–Kier alpha value is -0.930. The average molecular weight is 274 g/mol. The van der Waals surface area contributed by atoms with Crippen molar-refractivity contribution in [3.05, 3.63) is 30.1 Å². The summed E-state index contributed by atoms with van der Waals surface area (Å²) in [6, 6.07) is 4.72. The second kappa shape index (κ2) is 5.82. The van der Waals surface area contributed by atoms with E-state index in [1.54, 1.807) is 0 Å². The number of rotatable bonds is 3. The number of aromatic nitrogens is 1. The van der Waals surface area contributed by atoms with Gasteiger partial charge < -0.3 is 5.11 Å². The van der Waals surface area contributed by atoms with Crippen molar-refractivity contribution >= 4 is 0 Å². The van der Waals surface area contributed by atoms with Crippen LogP contribution in [0.4, 0.5) is 0 Å². The Bertz CT molecular complexity index is 426. The van der Waals surface area contributed by atoms with E-state index in [1.165, 1.54) is 31.2 Å². The molecule has 3 nitrogen and oxygen atoms in total. The smallest absolute Gasteiger partial charge is 0.0774 e. The highest BCUT2D eigenvalue weighted by Gasteiger charge is 2.37. The molecule has 0 bridgehead atoms. The van der Waals surface area contributed by atoms with Crippen LogP contribution >= 0.6 is 0 Å². The molecule has 1 saturated carbocycles. The fraction of sp³-hybridized carbons (Fsp3) is 0.706. The van der Waals surface area contributed by atoms with Crippen LogP contribution in [0.2, 0.25) is 0 Å². The van der Waals surface area contributed by atoms with Crippen molar-refractivity contribution in [2.24, 2.45) is 5.92 Å². The Labute approximate surface area is 122 Å². The lowest BCUT2D eigenvalue weighted by molar-refractivity contribution is -0.0378. The minimum Gasteiger partial charge on any atom is -0.389 e. The highest BCUT2D eigenvalue weighted by Crippen LogP contribution is 2.37. The lowest BCUT2D eigenvalue weighted by atomic mass is 9.79. The van der Waals surface area contributed by atoms with E-state index in [0.29, 0.717) is 6.04 Å². The zero-order valence-corrected chi connectivity index (χ0v) is 12.5. The molecule has 1 aromatic heterocycles. The van der Waals surface area contributed by atoms with Crippen LogP contribution in [0.15, 0.2) is 24.5 Å². The van der Waals surface area contributed by atoms with Crippen molar-refractivity contribution in [1.29, 1.82) is 0 Å². The molecule has 1 saturated heterocycles. The zero-order valence-electron chi connectivity index (χ0n) is 12.5. The number of likely N-dealkylation sites (tertiary alicyclic amines) is 1. The third kappa shape index (κ3) is 3.04. The Morgan fingerprint density at radius 1 is 1.25 bits per heavy atom. The van der Waals surface area contributed by atoms with E-state index in [-0.39, 0.29) is 0 Å². The highest BCUT2D eigenvalue weighted by atomic mass is 16.3. The van der Waals surface area contributed by atoms with Gasteiger partial charge in [-0.15, -0.1) is 0 Å². The van der Waals surface area contributed by atoms with Crippen LogP contribution in [0.3, 0.4) is 0 Å². The van der Waals surface area contributed by atoms with Crippen molar-refractivity contribution in [3.8, 4) is 0 Å². The standard InChI is InChI=1S/C17H26N2O/c1-14-4-8-17(20,9-5-14)13-19-12-2-3-16(19)15-6-10-18-11-7-15/h6-7,10-11,14,16,20H,2-5,8-9,12-13H2,1H3. The van der Waals surface area contributed by atoms with Gasteiger partial charge in [0, 0.05) is 25.0 Å². The van der Waals surface area contributed by atoms with Crippen LogP contribution in [0.1, 0.15) is 57.1 Å². The van der Waals surface area contributed by atoms with Crippen molar-refractivity contribution < 1.29 is 5.11 Å². The van der Waals surface area contributed by atoms with Gasteiger partial charge in [0.05, 0.1) is 5.60 Å². The van der Waals surface area contributed by atoms with E-state index in [2.05, 4.69) is 28.9 Å². The topological polar surface area (TPSA) is 36.4 Å². The van der Waals surface area contributed by atoms with Crippen LogP contribution in [0, 0.1) is 5.92 Å². The number of hydrogen-bond acceptors (Lipinski definition) is 3. The van der Waals surface area contributed by atoms with Crippen LogP contribution in [0.5, 0.6) is 0 Å². The molecule has 0 spiro atoms. The summed E-state index contributed by atoms with van der Waals surface area (Å²) in [6.07, 6.45) is 10.5. The van der Waals surface area contributed by atoms with Gasteiger partial charge in [0.25, 0.3) is 0 Å². The van der Waals surface area contributed by atoms with E-state index < -0.39 is 5.60 Å². The maximum absolute atomic E-state index is 10.9. The van der Waals surface area contributed by atoms with Crippen LogP contribution in [0.25, 0.3) is 0 Å². The van der Waals surface area contributed by atoms with Gasteiger partial charge in [-0.05, 0) is 68.7 Å². The minimum atomic E-state index is -0.456. The molecule has 3 rings (SSSR count). The molecule has 0 aromatic carbocycles. The second-order valence-corrected chi connectivity index (χ2v) is 6.82. The summed E-state index contributed by atoms with van der Waals surface area (Å²) in [5.74, 6) is 0.782. The summed E-state index contributed by atoms with van der Waals surface area (Å²) in [6.45, 7) is 4.26. The second-order valence-electron chi connectivity index (χ2n) is 6.82. The largest absolute Gasteiger partial charge is 0.389 e. The van der Waals surface area contributed by atoms with Gasteiger partial charge in [0.2, 0.25) is 0 Å². The molecule has 0 radical (unpaired) electrons. The van der Waals surface area contributed by atoms with Crippen LogP contribution in [-0.4, -0.2) is 33.7 Å². The SMILES string of the molecule is CC1CCC(O)(CN2CCCC2c2ccncc2)CC1. The molecule has 3 heteroatoms. The lowest BCUT2D eigenvalue weighted by Gasteiger charge is -2.39. The van der Waals surface area contributed by atoms with E-state index in [9.17, 15) is 5.11 Å². The highest BCUT2D eigenvalue weighted by molar-refractivity contribution is 5.16. The summed E-state index contributed by atoms with van der Waals surface area (Å²) in [7, 11) is 0. The van der Waals surface area contributed by atoms with Gasteiger partial charge in [-0.2, -0.15) is 0 Å². The first-order valence-corrected chi connectivity index (χ1v) is 8.03. The van der Waals surface area contributed by atoms with Crippen LogP contribution in [-0.2, 0) is 0 Å². The van der Waals surface area contributed by atoms with E-state index in [1.807, 2.05) is 12.4 Å². The molecule has 2 fully saturated rings. The van der Waals surface area contributed by atoms with Gasteiger partial charge in [-0.3, -0.25) is 9.88 Å². The number of pyridine rings is 1. The fourth-order valence-corrected chi connectivity index (χ4v) is 3.81. The summed E-state index contributed by atoms with van der Waals surface area (Å²) < 4.78 is 0. The first kappa shape index (κ1) is 14.0. The number of aliphatic hydroxyl groups is 1. The van der Waals surface area contributed by atoms with E-state index >= 15 is 0 Å². The summed E-state index contributed by atoms with van der Waals surface area (Å²) in [5, 5.41) is 10.9. The molecule has 1 unspecified atom stereocenters. The number of hydrogen-bond donors (Lipinski definition) is 1.